The summed E-state index contributed by atoms with van der Waals surface area (Å²) >= 11 is 1.86. The predicted octanol–water partition coefficient (Wildman–Crippen LogP) is 13.7. The lowest BCUT2D eigenvalue weighted by Crippen LogP contribution is -2.14. The molecule has 1 aromatic heterocycles. The number of aromatic nitrogens is 1. The molecule has 10 rings (SSSR count). The highest BCUT2D eigenvalue weighted by Crippen LogP contribution is 2.52. The van der Waals surface area contributed by atoms with Gasteiger partial charge in [-0.1, -0.05) is 96.7 Å². The van der Waals surface area contributed by atoms with Crippen LogP contribution in [0.15, 0.2) is 192 Å². The zero-order chi connectivity index (χ0) is 34.4. The van der Waals surface area contributed by atoms with Crippen molar-refractivity contribution in [1.82, 2.24) is 4.57 Å². The average molecular weight is 686 g/mol. The van der Waals surface area contributed by atoms with Gasteiger partial charge in [-0.3, -0.25) is 0 Å². The van der Waals surface area contributed by atoms with Gasteiger partial charge in [-0.25, -0.2) is 0 Å². The molecule has 0 fully saturated rings. The van der Waals surface area contributed by atoms with Crippen molar-refractivity contribution in [3.8, 4) is 16.8 Å². The Morgan fingerprint density at radius 3 is 1.87 bits per heavy atom. The molecular weight excluding hydrogens is 651 g/mol. The van der Waals surface area contributed by atoms with Crippen molar-refractivity contribution < 1.29 is 0 Å². The molecule has 1 aliphatic heterocycles. The lowest BCUT2D eigenvalue weighted by atomic mass is 9.97. The van der Waals surface area contributed by atoms with E-state index in [1.165, 1.54) is 65.8 Å². The summed E-state index contributed by atoms with van der Waals surface area (Å²) in [6.45, 7) is 0. The molecule has 0 unspecified atom stereocenters. The number of aryl methyl sites for hydroxylation is 1. The van der Waals surface area contributed by atoms with Crippen LogP contribution in [-0.4, -0.2) is 4.57 Å². The zero-order valence-electron chi connectivity index (χ0n) is 28.6. The molecule has 0 spiro atoms. The van der Waals surface area contributed by atoms with Gasteiger partial charge in [-0.15, -0.1) is 0 Å². The van der Waals surface area contributed by atoms with Crippen molar-refractivity contribution in [3.63, 3.8) is 0 Å². The van der Waals surface area contributed by atoms with Gasteiger partial charge in [0.25, 0.3) is 0 Å². The molecule has 2 heterocycles. The third kappa shape index (κ3) is 5.23. The Bertz CT molecular complexity index is 2550. The van der Waals surface area contributed by atoms with Gasteiger partial charge in [-0.05, 0) is 133 Å². The van der Waals surface area contributed by atoms with Crippen molar-refractivity contribution in [2.24, 2.45) is 0 Å². The summed E-state index contributed by atoms with van der Waals surface area (Å²) in [5.74, 6) is 0. The van der Waals surface area contributed by atoms with Crippen LogP contribution in [0, 0.1) is 0 Å². The molecule has 4 heteroatoms. The van der Waals surface area contributed by atoms with Crippen LogP contribution in [0.1, 0.15) is 17.7 Å². The first-order chi connectivity index (χ1) is 25.8. The lowest BCUT2D eigenvalue weighted by Gasteiger charge is -2.33. The van der Waals surface area contributed by atoms with E-state index in [1.807, 2.05) is 11.8 Å². The van der Waals surface area contributed by atoms with E-state index in [0.717, 1.165) is 29.9 Å². The molecule has 0 bridgehead atoms. The molecule has 3 nitrogen and oxygen atoms in total. The smallest absolute Gasteiger partial charge is 0.0602 e. The van der Waals surface area contributed by atoms with Crippen LogP contribution in [0.2, 0.25) is 0 Å². The standard InChI is InChI=1S/C48H35N3S/c1-4-14-36(15-5-1)49(37-16-6-2-7-17-37)39-26-28-40(29-27-39)50-43-21-11-10-20-41(43)42-32-34(24-30-44(42)50)35-25-31-46-48(33-35)52-47-23-13-12-22-45(47)51(46)38-18-8-3-9-19-38/h1-9,11-19,21-33H,10,20H2. The Hall–Kier alpha value is -6.23. The van der Waals surface area contributed by atoms with Gasteiger partial charge >= 0.3 is 0 Å². The van der Waals surface area contributed by atoms with Crippen LogP contribution in [0.5, 0.6) is 0 Å². The average Bonchev–Trinajstić information content (AvgIpc) is 3.55. The summed E-state index contributed by atoms with van der Waals surface area (Å²) < 4.78 is 2.45. The van der Waals surface area contributed by atoms with E-state index in [9.17, 15) is 0 Å². The van der Waals surface area contributed by atoms with Crippen LogP contribution in [0.25, 0.3) is 33.8 Å². The van der Waals surface area contributed by atoms with Crippen molar-refractivity contribution >= 4 is 62.9 Å². The number of hydrogen-bond acceptors (Lipinski definition) is 3. The summed E-state index contributed by atoms with van der Waals surface area (Å²) in [5.41, 5.74) is 14.6. The van der Waals surface area contributed by atoms with Crippen molar-refractivity contribution in [3.05, 3.63) is 193 Å². The lowest BCUT2D eigenvalue weighted by molar-refractivity contribution is 0.967. The van der Waals surface area contributed by atoms with Gasteiger partial charge < -0.3 is 14.4 Å². The quantitative estimate of drug-likeness (QED) is 0.173. The summed E-state index contributed by atoms with van der Waals surface area (Å²) in [5, 5.41) is 1.33. The van der Waals surface area contributed by atoms with Gasteiger partial charge in [0, 0.05) is 49.3 Å². The fourth-order valence-electron chi connectivity index (χ4n) is 7.84. The molecule has 0 saturated carbocycles. The minimum atomic E-state index is 1.04. The molecule has 0 saturated heterocycles. The molecule has 7 aromatic carbocycles. The molecule has 0 radical (unpaired) electrons. The number of benzene rings is 7. The van der Waals surface area contributed by atoms with E-state index in [4.69, 9.17) is 0 Å². The minimum Gasteiger partial charge on any atom is -0.311 e. The summed E-state index contributed by atoms with van der Waals surface area (Å²) in [4.78, 5) is 7.24. The number of para-hydroxylation sites is 4. The van der Waals surface area contributed by atoms with Gasteiger partial charge in [0.05, 0.1) is 16.9 Å². The monoisotopic (exact) mass is 685 g/mol. The number of nitrogens with zero attached hydrogens (tertiary/aromatic N) is 3. The van der Waals surface area contributed by atoms with E-state index in [1.54, 1.807) is 0 Å². The normalized spacial score (nSPS) is 13.0. The van der Waals surface area contributed by atoms with E-state index >= 15 is 0 Å². The van der Waals surface area contributed by atoms with Gasteiger partial charge in [0.1, 0.15) is 0 Å². The van der Waals surface area contributed by atoms with Crippen molar-refractivity contribution in [2.75, 3.05) is 9.80 Å². The molecule has 52 heavy (non-hydrogen) atoms. The highest BCUT2D eigenvalue weighted by Gasteiger charge is 2.26. The molecule has 1 aliphatic carbocycles. The Labute approximate surface area is 308 Å². The first-order valence-electron chi connectivity index (χ1n) is 17.9. The molecular formula is C48H35N3S. The first kappa shape index (κ1) is 30.6. The third-order valence-corrected chi connectivity index (χ3v) is 11.3. The third-order valence-electron chi connectivity index (χ3n) is 10.2. The topological polar surface area (TPSA) is 11.4 Å². The predicted molar refractivity (Wildman–Crippen MR) is 220 cm³/mol. The summed E-state index contributed by atoms with van der Waals surface area (Å²) in [6.07, 6.45) is 6.73. The number of anilines is 6. The van der Waals surface area contributed by atoms with Crippen molar-refractivity contribution in [1.29, 1.82) is 0 Å². The van der Waals surface area contributed by atoms with Gasteiger partial charge in [0.2, 0.25) is 0 Å². The number of rotatable bonds is 6. The van der Waals surface area contributed by atoms with Crippen LogP contribution >= 0.6 is 11.8 Å². The molecule has 248 valence electrons. The van der Waals surface area contributed by atoms with E-state index < -0.39 is 0 Å². The summed E-state index contributed by atoms with van der Waals surface area (Å²) in [6, 6.07) is 63.6. The number of fused-ring (bicyclic) bond motifs is 5. The minimum absolute atomic E-state index is 1.04. The second kappa shape index (κ2) is 12.8. The van der Waals surface area contributed by atoms with E-state index in [2.05, 4.69) is 202 Å². The maximum absolute atomic E-state index is 2.45. The Morgan fingerprint density at radius 1 is 0.500 bits per heavy atom. The second-order valence-electron chi connectivity index (χ2n) is 13.3. The summed E-state index contributed by atoms with van der Waals surface area (Å²) in [7, 11) is 0. The number of allylic oxidation sites excluding steroid dienone is 1. The van der Waals surface area contributed by atoms with Gasteiger partial charge in [-0.2, -0.15) is 0 Å². The SMILES string of the molecule is C1=Cc2c(c3cc(-c4ccc5c(c4)Sc4ccccc4N5c4ccccc4)ccc3n2-c2ccc(N(c3ccccc3)c3ccccc3)cc2)CC1. The highest BCUT2D eigenvalue weighted by atomic mass is 32.2. The van der Waals surface area contributed by atoms with Crippen LogP contribution in [0.3, 0.4) is 0 Å². The Morgan fingerprint density at radius 2 is 1.12 bits per heavy atom. The fourth-order valence-corrected chi connectivity index (χ4v) is 8.93. The maximum Gasteiger partial charge on any atom is 0.0602 e. The van der Waals surface area contributed by atoms with E-state index in [0.29, 0.717) is 0 Å². The van der Waals surface area contributed by atoms with Crippen molar-refractivity contribution in [2.45, 2.75) is 22.6 Å². The Balaban J connectivity index is 1.04. The Kier molecular flexibility index (Phi) is 7.54. The molecule has 2 aliphatic rings. The van der Waals surface area contributed by atoms with Gasteiger partial charge in [0.15, 0.2) is 0 Å². The largest absolute Gasteiger partial charge is 0.311 e. The van der Waals surface area contributed by atoms with Crippen LogP contribution in [-0.2, 0) is 6.42 Å². The van der Waals surface area contributed by atoms with Crippen LogP contribution < -0.4 is 9.80 Å². The van der Waals surface area contributed by atoms with E-state index in [-0.39, 0.29) is 0 Å². The molecule has 0 N–H and O–H groups in total. The number of hydrogen-bond donors (Lipinski definition) is 0. The molecule has 0 amide bonds. The van der Waals surface area contributed by atoms with Crippen LogP contribution in [0.4, 0.5) is 34.1 Å². The maximum atomic E-state index is 2.45. The first-order valence-corrected chi connectivity index (χ1v) is 18.7. The molecule has 8 aromatic rings. The zero-order valence-corrected chi connectivity index (χ0v) is 29.4. The fraction of sp³-hybridized carbons (Fsp3) is 0.0417. The second-order valence-corrected chi connectivity index (χ2v) is 14.4. The highest BCUT2D eigenvalue weighted by molar-refractivity contribution is 7.99. The molecule has 0 atom stereocenters.